The van der Waals surface area contributed by atoms with Crippen LogP contribution in [0, 0.1) is 0 Å². The molecule has 4 aromatic rings. The first-order chi connectivity index (χ1) is 14.2. The van der Waals surface area contributed by atoms with Crippen LogP contribution in [0.3, 0.4) is 0 Å². The van der Waals surface area contributed by atoms with E-state index in [0.29, 0.717) is 23.4 Å². The lowest BCUT2D eigenvalue weighted by molar-refractivity contribution is 0.174. The second kappa shape index (κ2) is 7.04. The standard InChI is InChI=1S/C23H23N3O3/c1-3-25(4-2)10-11-26-22-15(7-8-19-16(22)6-5-9-24-19)17-12-20-21(29-14-28-20)13-18(17)23(26)27/h5-9,12-13H,3-4,10-11,14H2,1-2H3. The first kappa shape index (κ1) is 17.9. The smallest absolute Gasteiger partial charge is 0.259 e. The van der Waals surface area contributed by atoms with E-state index in [1.165, 1.54) is 0 Å². The van der Waals surface area contributed by atoms with E-state index in [2.05, 4.69) is 29.8 Å². The van der Waals surface area contributed by atoms with Crippen LogP contribution in [0.1, 0.15) is 13.8 Å². The predicted octanol–water partition coefficient (Wildman–Crippen LogP) is 3.77. The number of hydrogen-bond acceptors (Lipinski definition) is 5. The molecule has 148 valence electrons. The highest BCUT2D eigenvalue weighted by Gasteiger charge is 2.20. The van der Waals surface area contributed by atoms with Crippen LogP contribution < -0.4 is 15.0 Å². The maximum atomic E-state index is 13.6. The molecule has 1 aliphatic rings. The summed E-state index contributed by atoms with van der Waals surface area (Å²) in [5.41, 5.74) is 1.81. The second-order valence-electron chi connectivity index (χ2n) is 7.27. The zero-order valence-electron chi connectivity index (χ0n) is 16.6. The average molecular weight is 389 g/mol. The number of likely N-dealkylation sites (N-methyl/N-ethyl adjacent to an activating group) is 1. The first-order valence-corrected chi connectivity index (χ1v) is 10.1. The van der Waals surface area contributed by atoms with Gasteiger partial charge in [-0.1, -0.05) is 19.9 Å². The summed E-state index contributed by atoms with van der Waals surface area (Å²) in [6, 6.07) is 11.8. The van der Waals surface area contributed by atoms with E-state index in [4.69, 9.17) is 9.47 Å². The van der Waals surface area contributed by atoms with Crippen molar-refractivity contribution in [3.63, 3.8) is 0 Å². The van der Waals surface area contributed by atoms with Crippen molar-refractivity contribution in [3.05, 3.63) is 52.9 Å². The Labute approximate surface area is 168 Å². The van der Waals surface area contributed by atoms with Gasteiger partial charge in [0.2, 0.25) is 6.79 Å². The first-order valence-electron chi connectivity index (χ1n) is 10.1. The van der Waals surface area contributed by atoms with Crippen molar-refractivity contribution >= 4 is 32.6 Å². The molecule has 0 saturated heterocycles. The normalized spacial score (nSPS) is 13.2. The zero-order valence-corrected chi connectivity index (χ0v) is 16.6. The number of fused-ring (bicyclic) bond motifs is 6. The summed E-state index contributed by atoms with van der Waals surface area (Å²) < 4.78 is 13.0. The van der Waals surface area contributed by atoms with Gasteiger partial charge in [-0.15, -0.1) is 0 Å². The molecule has 1 aliphatic heterocycles. The van der Waals surface area contributed by atoms with Gasteiger partial charge in [0.25, 0.3) is 5.56 Å². The van der Waals surface area contributed by atoms with E-state index in [1.807, 2.05) is 34.9 Å². The molecule has 0 fully saturated rings. The van der Waals surface area contributed by atoms with Crippen LogP contribution in [0.2, 0.25) is 0 Å². The molecule has 0 atom stereocenters. The van der Waals surface area contributed by atoms with E-state index >= 15 is 0 Å². The number of ether oxygens (including phenoxy) is 2. The number of aromatic nitrogens is 2. The Morgan fingerprint density at radius 3 is 2.52 bits per heavy atom. The molecular formula is C23H23N3O3. The second-order valence-corrected chi connectivity index (χ2v) is 7.27. The number of rotatable bonds is 5. The summed E-state index contributed by atoms with van der Waals surface area (Å²) >= 11 is 0. The molecule has 0 N–H and O–H groups in total. The maximum absolute atomic E-state index is 13.6. The van der Waals surface area contributed by atoms with Crippen LogP contribution >= 0.6 is 0 Å². The SMILES string of the molecule is CCN(CC)CCn1c(=O)c2cc3c(cc2c2ccc4ncccc4c21)OCO3. The van der Waals surface area contributed by atoms with E-state index < -0.39 is 0 Å². The highest BCUT2D eigenvalue weighted by molar-refractivity contribution is 6.15. The summed E-state index contributed by atoms with van der Waals surface area (Å²) in [5, 5.41) is 3.56. The van der Waals surface area contributed by atoms with Gasteiger partial charge in [-0.2, -0.15) is 0 Å². The van der Waals surface area contributed by atoms with Crippen LogP contribution in [0.25, 0.3) is 32.6 Å². The lowest BCUT2D eigenvalue weighted by Gasteiger charge is -2.21. The van der Waals surface area contributed by atoms with Crippen molar-refractivity contribution in [3.8, 4) is 11.5 Å². The Balaban J connectivity index is 1.86. The number of pyridine rings is 2. The van der Waals surface area contributed by atoms with Crippen molar-refractivity contribution < 1.29 is 9.47 Å². The van der Waals surface area contributed by atoms with Crippen LogP contribution in [-0.4, -0.2) is 40.9 Å². The minimum atomic E-state index is -0.00527. The van der Waals surface area contributed by atoms with Crippen molar-refractivity contribution in [1.82, 2.24) is 14.5 Å². The molecule has 0 radical (unpaired) electrons. The van der Waals surface area contributed by atoms with Gasteiger partial charge in [0, 0.05) is 35.4 Å². The fraction of sp³-hybridized carbons (Fsp3) is 0.304. The number of nitrogens with zero attached hydrogens (tertiary/aromatic N) is 3. The average Bonchev–Trinajstić information content (AvgIpc) is 3.22. The molecule has 2 aromatic heterocycles. The molecule has 3 heterocycles. The Morgan fingerprint density at radius 1 is 1.00 bits per heavy atom. The summed E-state index contributed by atoms with van der Waals surface area (Å²) in [6.07, 6.45) is 1.78. The number of benzene rings is 2. The molecule has 0 bridgehead atoms. The van der Waals surface area contributed by atoms with Crippen LogP contribution in [-0.2, 0) is 6.54 Å². The van der Waals surface area contributed by atoms with Gasteiger partial charge < -0.3 is 18.9 Å². The van der Waals surface area contributed by atoms with Gasteiger partial charge in [-0.05, 0) is 43.4 Å². The molecule has 0 spiro atoms. The Kier molecular flexibility index (Phi) is 4.36. The van der Waals surface area contributed by atoms with Crippen molar-refractivity contribution in [2.24, 2.45) is 0 Å². The Morgan fingerprint density at radius 2 is 1.76 bits per heavy atom. The topological polar surface area (TPSA) is 56.6 Å². The van der Waals surface area contributed by atoms with Gasteiger partial charge in [0.15, 0.2) is 11.5 Å². The molecule has 2 aromatic carbocycles. The lowest BCUT2D eigenvalue weighted by atomic mass is 10.0. The summed E-state index contributed by atoms with van der Waals surface area (Å²) in [5.74, 6) is 1.32. The Bertz CT molecular complexity index is 1290. The van der Waals surface area contributed by atoms with Crippen LogP contribution in [0.15, 0.2) is 47.4 Å². The van der Waals surface area contributed by atoms with Crippen LogP contribution in [0.5, 0.6) is 11.5 Å². The van der Waals surface area contributed by atoms with Gasteiger partial charge in [0.05, 0.1) is 16.4 Å². The Hall–Kier alpha value is -3.12. The molecule has 29 heavy (non-hydrogen) atoms. The number of hydrogen-bond donors (Lipinski definition) is 0. The molecule has 0 unspecified atom stereocenters. The lowest BCUT2D eigenvalue weighted by Crippen LogP contribution is -2.31. The third kappa shape index (κ3) is 2.83. The fourth-order valence-corrected chi connectivity index (χ4v) is 4.23. The molecule has 0 saturated carbocycles. The maximum Gasteiger partial charge on any atom is 0.259 e. The van der Waals surface area contributed by atoms with Crippen molar-refractivity contribution in [1.29, 1.82) is 0 Å². The summed E-state index contributed by atoms with van der Waals surface area (Å²) in [4.78, 5) is 20.4. The monoisotopic (exact) mass is 389 g/mol. The molecule has 0 amide bonds. The van der Waals surface area contributed by atoms with Crippen molar-refractivity contribution in [2.45, 2.75) is 20.4 Å². The molecule has 5 rings (SSSR count). The minimum absolute atomic E-state index is 0.00527. The molecule has 0 aliphatic carbocycles. The van der Waals surface area contributed by atoms with Crippen molar-refractivity contribution in [2.75, 3.05) is 26.4 Å². The van der Waals surface area contributed by atoms with E-state index in [9.17, 15) is 4.79 Å². The third-order valence-corrected chi connectivity index (χ3v) is 5.84. The molecular weight excluding hydrogens is 366 g/mol. The minimum Gasteiger partial charge on any atom is -0.454 e. The van der Waals surface area contributed by atoms with Crippen LogP contribution in [0.4, 0.5) is 0 Å². The van der Waals surface area contributed by atoms with Gasteiger partial charge in [-0.25, -0.2) is 0 Å². The summed E-state index contributed by atoms with van der Waals surface area (Å²) in [7, 11) is 0. The highest BCUT2D eigenvalue weighted by atomic mass is 16.7. The fourth-order valence-electron chi connectivity index (χ4n) is 4.23. The third-order valence-electron chi connectivity index (χ3n) is 5.84. The van der Waals surface area contributed by atoms with Gasteiger partial charge >= 0.3 is 0 Å². The molecule has 6 heteroatoms. The largest absolute Gasteiger partial charge is 0.454 e. The quantitative estimate of drug-likeness (QED) is 0.486. The summed E-state index contributed by atoms with van der Waals surface area (Å²) in [6.45, 7) is 7.82. The van der Waals surface area contributed by atoms with Gasteiger partial charge in [-0.3, -0.25) is 9.78 Å². The predicted molar refractivity (Wildman–Crippen MR) is 115 cm³/mol. The van der Waals surface area contributed by atoms with E-state index in [-0.39, 0.29) is 12.4 Å². The zero-order chi connectivity index (χ0) is 20.0. The highest BCUT2D eigenvalue weighted by Crippen LogP contribution is 2.38. The van der Waals surface area contributed by atoms with Gasteiger partial charge in [0.1, 0.15) is 0 Å². The van der Waals surface area contributed by atoms with E-state index in [0.717, 1.165) is 46.8 Å². The van der Waals surface area contributed by atoms with E-state index in [1.54, 1.807) is 6.20 Å². The molecule has 6 nitrogen and oxygen atoms in total.